The third kappa shape index (κ3) is 4.67. The first-order valence-electron chi connectivity index (χ1n) is 21.7. The highest BCUT2D eigenvalue weighted by atomic mass is 16.3. The van der Waals surface area contributed by atoms with Crippen molar-refractivity contribution in [3.63, 3.8) is 0 Å². The highest BCUT2D eigenvalue weighted by Gasteiger charge is 2.52. The van der Waals surface area contributed by atoms with Crippen molar-refractivity contribution in [2.45, 2.75) is 11.6 Å². The first-order chi connectivity index (χ1) is 31.3. The Morgan fingerprint density at radius 2 is 1.11 bits per heavy atom. The summed E-state index contributed by atoms with van der Waals surface area (Å²) in [6.45, 7) is 0. The summed E-state index contributed by atoms with van der Waals surface area (Å²) in [6, 6.07) is 74.7. The highest BCUT2D eigenvalue weighted by Crippen LogP contribution is 2.64. The Morgan fingerprint density at radius 1 is 0.476 bits per heavy atom. The number of benzene rings is 9. The summed E-state index contributed by atoms with van der Waals surface area (Å²) >= 11 is 0. The molecule has 0 saturated carbocycles. The van der Waals surface area contributed by atoms with E-state index in [2.05, 4.69) is 222 Å². The summed E-state index contributed by atoms with van der Waals surface area (Å²) in [6.07, 6.45) is 1.88. The molecule has 0 amide bonds. The predicted molar refractivity (Wildman–Crippen MR) is 258 cm³/mol. The summed E-state index contributed by atoms with van der Waals surface area (Å²) in [5, 5.41) is 8.42. The molecule has 2 unspecified atom stereocenters. The van der Waals surface area contributed by atoms with Crippen LogP contribution in [0.3, 0.4) is 0 Å². The molecule has 1 N–H and O–H groups in total. The van der Waals surface area contributed by atoms with Crippen LogP contribution in [-0.4, -0.2) is 10.3 Å². The van der Waals surface area contributed by atoms with Gasteiger partial charge < -0.3 is 14.3 Å². The fraction of sp³-hybridized carbons (Fsp3) is 0.0339. The molecule has 1 aliphatic heterocycles. The van der Waals surface area contributed by atoms with Gasteiger partial charge in [0.25, 0.3) is 0 Å². The Bertz CT molecular complexity index is 3760. The van der Waals surface area contributed by atoms with E-state index in [-0.39, 0.29) is 6.17 Å². The highest BCUT2D eigenvalue weighted by molar-refractivity contribution is 6.25. The van der Waals surface area contributed by atoms with Crippen molar-refractivity contribution in [3.05, 3.63) is 251 Å². The Kier molecular flexibility index (Phi) is 7.06. The molecule has 4 nitrogen and oxygen atoms in total. The molecule has 0 saturated heterocycles. The molecule has 14 rings (SSSR count). The van der Waals surface area contributed by atoms with Gasteiger partial charge >= 0.3 is 0 Å². The van der Waals surface area contributed by atoms with Crippen LogP contribution in [0.5, 0.6) is 0 Å². The largest absolute Gasteiger partial charge is 0.455 e. The normalized spacial score (nSPS) is 17.1. The molecular formula is C59H37N3O. The Balaban J connectivity index is 1.01. The Labute approximate surface area is 363 Å². The van der Waals surface area contributed by atoms with E-state index in [9.17, 15) is 0 Å². The van der Waals surface area contributed by atoms with Gasteiger partial charge in [0.05, 0.1) is 27.5 Å². The lowest BCUT2D eigenvalue weighted by Gasteiger charge is -2.31. The van der Waals surface area contributed by atoms with Crippen LogP contribution in [0, 0.1) is 0 Å². The lowest BCUT2D eigenvalue weighted by molar-refractivity contribution is 0.660. The first-order valence-corrected chi connectivity index (χ1v) is 21.7. The van der Waals surface area contributed by atoms with Crippen LogP contribution in [0.4, 0.5) is 0 Å². The average Bonchev–Trinajstić information content (AvgIpc) is 4.08. The van der Waals surface area contributed by atoms with Gasteiger partial charge in [0, 0.05) is 33.1 Å². The smallest absolute Gasteiger partial charge is 0.145 e. The van der Waals surface area contributed by atoms with Crippen LogP contribution in [0.1, 0.15) is 45.1 Å². The van der Waals surface area contributed by atoms with Crippen LogP contribution in [0.2, 0.25) is 0 Å². The minimum absolute atomic E-state index is 0.305. The zero-order valence-corrected chi connectivity index (χ0v) is 34.1. The minimum atomic E-state index is -0.571. The van der Waals surface area contributed by atoms with Gasteiger partial charge in [0.15, 0.2) is 0 Å². The molecule has 0 fully saturated rings. The molecule has 3 heterocycles. The Hall–Kier alpha value is -8.21. The fourth-order valence-corrected chi connectivity index (χ4v) is 11.2. The number of aromatic nitrogens is 1. The number of furan rings is 1. The SMILES string of the molecule is C1=C(c2ccccc2)NC(c2ccc3c(c2)C2(c4ccccc4-3)c3ccccc3-c3c2ccc2c3oc3c2ccc2c3c3ccccc3n2-c2ccccc2)N=C1c1ccccc1. The van der Waals surface area contributed by atoms with Gasteiger partial charge in [-0.25, -0.2) is 0 Å². The number of aliphatic imine (C=N–C) groups is 1. The van der Waals surface area contributed by atoms with Gasteiger partial charge in [-0.2, -0.15) is 0 Å². The molecule has 294 valence electrons. The van der Waals surface area contributed by atoms with Gasteiger partial charge in [0.1, 0.15) is 17.3 Å². The van der Waals surface area contributed by atoms with Crippen molar-refractivity contribution in [1.29, 1.82) is 0 Å². The van der Waals surface area contributed by atoms with E-state index in [1.54, 1.807) is 0 Å². The quantitative estimate of drug-likeness (QED) is 0.193. The summed E-state index contributed by atoms with van der Waals surface area (Å²) in [5.41, 5.74) is 20.0. The van der Waals surface area contributed by atoms with Crippen molar-refractivity contribution in [1.82, 2.24) is 9.88 Å². The average molecular weight is 804 g/mol. The molecule has 2 aromatic heterocycles. The van der Waals surface area contributed by atoms with Crippen molar-refractivity contribution >= 4 is 55.2 Å². The summed E-state index contributed by atoms with van der Waals surface area (Å²) in [4.78, 5) is 5.42. The Morgan fingerprint density at radius 3 is 1.92 bits per heavy atom. The maximum atomic E-state index is 7.38. The second-order valence-corrected chi connectivity index (χ2v) is 17.0. The van der Waals surface area contributed by atoms with Crippen LogP contribution < -0.4 is 5.32 Å². The molecule has 63 heavy (non-hydrogen) atoms. The van der Waals surface area contributed by atoms with E-state index in [4.69, 9.17) is 9.41 Å². The lowest BCUT2D eigenvalue weighted by Crippen LogP contribution is -2.27. The van der Waals surface area contributed by atoms with Crippen LogP contribution >= 0.6 is 0 Å². The molecule has 3 aliphatic rings. The van der Waals surface area contributed by atoms with Crippen molar-refractivity contribution in [3.8, 4) is 27.9 Å². The van der Waals surface area contributed by atoms with E-state index in [1.165, 1.54) is 49.9 Å². The van der Waals surface area contributed by atoms with Crippen molar-refractivity contribution in [2.75, 3.05) is 0 Å². The number of hydrogen-bond acceptors (Lipinski definition) is 3. The molecular weight excluding hydrogens is 767 g/mol. The zero-order chi connectivity index (χ0) is 41.2. The number of hydrogen-bond donors (Lipinski definition) is 1. The summed E-state index contributed by atoms with van der Waals surface area (Å²) in [5.74, 6) is 0. The van der Waals surface area contributed by atoms with Crippen LogP contribution in [0.25, 0.3) is 77.4 Å². The van der Waals surface area contributed by atoms with E-state index < -0.39 is 5.41 Å². The van der Waals surface area contributed by atoms with Crippen LogP contribution in [0.15, 0.2) is 222 Å². The van der Waals surface area contributed by atoms with Gasteiger partial charge in [-0.1, -0.05) is 170 Å². The minimum Gasteiger partial charge on any atom is -0.455 e. The second kappa shape index (κ2) is 12.9. The van der Waals surface area contributed by atoms with E-state index in [0.29, 0.717) is 0 Å². The van der Waals surface area contributed by atoms with Gasteiger partial charge in [-0.3, -0.25) is 4.99 Å². The lowest BCUT2D eigenvalue weighted by atomic mass is 9.70. The van der Waals surface area contributed by atoms with Gasteiger partial charge in [-0.05, 0) is 98.1 Å². The maximum Gasteiger partial charge on any atom is 0.145 e. The molecule has 9 aromatic carbocycles. The van der Waals surface area contributed by atoms with E-state index >= 15 is 0 Å². The number of allylic oxidation sites excluding steroid dienone is 1. The number of rotatable bonds is 4. The molecule has 11 aromatic rings. The molecule has 0 bridgehead atoms. The van der Waals surface area contributed by atoms with E-state index in [1.807, 2.05) is 0 Å². The first kappa shape index (κ1) is 34.5. The van der Waals surface area contributed by atoms with Gasteiger partial charge in [0.2, 0.25) is 0 Å². The molecule has 2 atom stereocenters. The van der Waals surface area contributed by atoms with Crippen LogP contribution in [-0.2, 0) is 5.41 Å². The standard InChI is InChI=1S/C59H37N3O/c1-4-16-36(17-5-1)50-35-51(37-18-6-2-7-19-37)61-58(60-50)38-28-29-41-40-22-10-13-25-46(40)59(49(41)34-38)47-26-14-11-23-44(47)54-48(59)32-30-42-43-31-33-53-55(57(43)63-56(42)54)45-24-12-15-27-52(45)62(53)39-20-8-3-9-21-39/h1-35,58,60H. The summed E-state index contributed by atoms with van der Waals surface area (Å²) < 4.78 is 9.74. The maximum absolute atomic E-state index is 7.38. The number of nitrogens with zero attached hydrogens (tertiary/aromatic N) is 2. The third-order valence-electron chi connectivity index (χ3n) is 13.8. The summed E-state index contributed by atoms with van der Waals surface area (Å²) in [7, 11) is 0. The molecule has 2 aliphatic carbocycles. The monoisotopic (exact) mass is 803 g/mol. The van der Waals surface area contributed by atoms with Gasteiger partial charge in [-0.15, -0.1) is 0 Å². The third-order valence-corrected chi connectivity index (χ3v) is 13.8. The number of fused-ring (bicyclic) bond motifs is 18. The predicted octanol–water partition coefficient (Wildman–Crippen LogP) is 14.2. The second-order valence-electron chi connectivity index (χ2n) is 17.0. The fourth-order valence-electron chi connectivity index (χ4n) is 11.2. The molecule has 0 radical (unpaired) electrons. The van der Waals surface area contributed by atoms with Crippen molar-refractivity contribution < 1.29 is 4.42 Å². The molecule has 1 spiro atoms. The molecule has 4 heteroatoms. The number of para-hydroxylation sites is 2. The topological polar surface area (TPSA) is 42.5 Å². The van der Waals surface area contributed by atoms with E-state index in [0.717, 1.165) is 72.1 Å². The zero-order valence-electron chi connectivity index (χ0n) is 34.1. The number of nitrogens with one attached hydrogen (secondary N) is 1. The van der Waals surface area contributed by atoms with Crippen molar-refractivity contribution in [2.24, 2.45) is 4.99 Å².